The summed E-state index contributed by atoms with van der Waals surface area (Å²) in [6.45, 7) is 3.69. The number of aliphatic carboxylic acids is 1. The van der Waals surface area contributed by atoms with Crippen LogP contribution >= 0.6 is 11.6 Å². The average molecular weight is 258 g/mol. The van der Waals surface area contributed by atoms with E-state index < -0.39 is 5.97 Å². The predicted molar refractivity (Wildman–Crippen MR) is 68.1 cm³/mol. The van der Waals surface area contributed by atoms with Crippen LogP contribution in [0.3, 0.4) is 0 Å². The molecule has 0 aliphatic heterocycles. The molecule has 1 unspecified atom stereocenters. The van der Waals surface area contributed by atoms with Gasteiger partial charge in [0.05, 0.1) is 19.2 Å². The summed E-state index contributed by atoms with van der Waals surface area (Å²) in [5, 5.41) is 12.4. The Balaban J connectivity index is 2.89. The summed E-state index contributed by atoms with van der Waals surface area (Å²) in [5.74, 6) is -0.229. The Kier molecular flexibility index (Phi) is 4.63. The van der Waals surface area contributed by atoms with E-state index in [0.29, 0.717) is 10.8 Å². The van der Waals surface area contributed by atoms with Crippen LogP contribution in [0.2, 0.25) is 5.02 Å². The van der Waals surface area contributed by atoms with Gasteiger partial charge in [-0.3, -0.25) is 4.79 Å². The highest BCUT2D eigenvalue weighted by Crippen LogP contribution is 2.31. The third-order valence-corrected chi connectivity index (χ3v) is 2.77. The third-order valence-electron chi connectivity index (χ3n) is 2.36. The van der Waals surface area contributed by atoms with E-state index in [1.54, 1.807) is 20.1 Å². The molecule has 0 heterocycles. The Morgan fingerprint density at radius 2 is 2.24 bits per heavy atom. The van der Waals surface area contributed by atoms with E-state index in [9.17, 15) is 4.79 Å². The van der Waals surface area contributed by atoms with E-state index in [0.717, 1.165) is 11.3 Å². The second-order valence-corrected chi connectivity index (χ2v) is 4.35. The van der Waals surface area contributed by atoms with Crippen LogP contribution in [0.5, 0.6) is 5.75 Å². The maximum absolute atomic E-state index is 10.6. The maximum atomic E-state index is 10.6. The molecule has 5 heteroatoms. The highest BCUT2D eigenvalue weighted by atomic mass is 35.5. The van der Waals surface area contributed by atoms with Crippen LogP contribution in [-0.4, -0.2) is 24.2 Å². The van der Waals surface area contributed by atoms with Gasteiger partial charge in [0.1, 0.15) is 5.75 Å². The molecule has 0 fully saturated rings. The van der Waals surface area contributed by atoms with Crippen molar-refractivity contribution >= 4 is 23.3 Å². The number of nitrogens with one attached hydrogen (secondary N) is 1. The van der Waals surface area contributed by atoms with Crippen LogP contribution in [0.15, 0.2) is 12.1 Å². The van der Waals surface area contributed by atoms with Crippen molar-refractivity contribution in [3.63, 3.8) is 0 Å². The fourth-order valence-electron chi connectivity index (χ4n) is 1.52. The molecule has 1 aromatic rings. The molecule has 1 atom stereocenters. The zero-order valence-corrected chi connectivity index (χ0v) is 10.8. The number of rotatable bonds is 5. The normalized spacial score (nSPS) is 12.0. The molecule has 4 nitrogen and oxygen atoms in total. The SMILES string of the molecule is COc1cc(Cl)c(C)cc1NC(C)CC(=O)O. The summed E-state index contributed by atoms with van der Waals surface area (Å²) in [6, 6.07) is 3.38. The number of hydrogen-bond acceptors (Lipinski definition) is 3. The molecule has 0 bridgehead atoms. The van der Waals surface area contributed by atoms with Crippen LogP contribution in [0, 0.1) is 6.92 Å². The second kappa shape index (κ2) is 5.77. The number of halogens is 1. The summed E-state index contributed by atoms with van der Waals surface area (Å²) >= 11 is 5.98. The fourth-order valence-corrected chi connectivity index (χ4v) is 1.68. The summed E-state index contributed by atoms with van der Waals surface area (Å²) in [6.07, 6.45) is 0.0465. The number of anilines is 1. The Bertz CT molecular complexity index is 420. The predicted octanol–water partition coefficient (Wildman–Crippen LogP) is 2.93. The number of aryl methyl sites for hydroxylation is 1. The minimum Gasteiger partial charge on any atom is -0.495 e. The minimum atomic E-state index is -0.838. The first-order chi connectivity index (χ1) is 7.93. The lowest BCUT2D eigenvalue weighted by Gasteiger charge is -2.17. The zero-order chi connectivity index (χ0) is 13.0. The molecule has 0 amide bonds. The third kappa shape index (κ3) is 3.82. The van der Waals surface area contributed by atoms with Crippen molar-refractivity contribution in [3.05, 3.63) is 22.7 Å². The number of carbonyl (C=O) groups is 1. The zero-order valence-electron chi connectivity index (χ0n) is 10.1. The number of benzene rings is 1. The van der Waals surface area contributed by atoms with Crippen molar-refractivity contribution in [2.75, 3.05) is 12.4 Å². The molecule has 94 valence electrons. The number of carboxylic acids is 1. The van der Waals surface area contributed by atoms with Gasteiger partial charge in [0.25, 0.3) is 0 Å². The van der Waals surface area contributed by atoms with Crippen LogP contribution in [0.1, 0.15) is 18.9 Å². The Labute approximate surface area is 106 Å². The van der Waals surface area contributed by atoms with Gasteiger partial charge in [-0.05, 0) is 25.5 Å². The first kappa shape index (κ1) is 13.6. The minimum absolute atomic E-state index is 0.0465. The summed E-state index contributed by atoms with van der Waals surface area (Å²) in [4.78, 5) is 10.6. The van der Waals surface area contributed by atoms with Crippen LogP contribution in [0.25, 0.3) is 0 Å². The lowest BCUT2D eigenvalue weighted by molar-refractivity contribution is -0.137. The molecule has 0 radical (unpaired) electrons. The number of ether oxygens (including phenoxy) is 1. The van der Waals surface area contributed by atoms with Crippen molar-refractivity contribution in [2.45, 2.75) is 26.3 Å². The summed E-state index contributed by atoms with van der Waals surface area (Å²) in [5.41, 5.74) is 1.67. The lowest BCUT2D eigenvalue weighted by atomic mass is 10.1. The molecule has 0 saturated carbocycles. The first-order valence-corrected chi connectivity index (χ1v) is 5.64. The Hall–Kier alpha value is -1.42. The lowest BCUT2D eigenvalue weighted by Crippen LogP contribution is -2.19. The van der Waals surface area contributed by atoms with Gasteiger partial charge in [-0.2, -0.15) is 0 Å². The Morgan fingerprint density at radius 3 is 2.76 bits per heavy atom. The van der Waals surface area contributed by atoms with E-state index in [-0.39, 0.29) is 12.5 Å². The molecular formula is C12H16ClNO3. The molecule has 0 aliphatic carbocycles. The fraction of sp³-hybridized carbons (Fsp3) is 0.417. The van der Waals surface area contributed by atoms with Crippen molar-refractivity contribution in [3.8, 4) is 5.75 Å². The topological polar surface area (TPSA) is 58.6 Å². The average Bonchev–Trinajstić information content (AvgIpc) is 2.21. The highest BCUT2D eigenvalue weighted by molar-refractivity contribution is 6.31. The molecule has 0 aromatic heterocycles. The number of methoxy groups -OCH3 is 1. The molecule has 2 N–H and O–H groups in total. The van der Waals surface area contributed by atoms with Gasteiger partial charge in [-0.15, -0.1) is 0 Å². The van der Waals surface area contributed by atoms with Crippen molar-refractivity contribution in [1.82, 2.24) is 0 Å². The van der Waals surface area contributed by atoms with Crippen LogP contribution < -0.4 is 10.1 Å². The first-order valence-electron chi connectivity index (χ1n) is 5.26. The summed E-state index contributed by atoms with van der Waals surface area (Å²) in [7, 11) is 1.55. The van der Waals surface area contributed by atoms with Gasteiger partial charge >= 0.3 is 5.97 Å². The van der Waals surface area contributed by atoms with Crippen molar-refractivity contribution in [2.24, 2.45) is 0 Å². The quantitative estimate of drug-likeness (QED) is 0.852. The maximum Gasteiger partial charge on any atom is 0.305 e. The number of carboxylic acid groups (broad SMARTS) is 1. The van der Waals surface area contributed by atoms with E-state index >= 15 is 0 Å². The molecule has 1 aromatic carbocycles. The van der Waals surface area contributed by atoms with Crippen LogP contribution in [0.4, 0.5) is 5.69 Å². The van der Waals surface area contributed by atoms with E-state index in [2.05, 4.69) is 5.32 Å². The number of hydrogen-bond donors (Lipinski definition) is 2. The van der Waals surface area contributed by atoms with Crippen molar-refractivity contribution in [1.29, 1.82) is 0 Å². The molecule has 1 rings (SSSR count). The molecule has 0 aliphatic rings. The van der Waals surface area contributed by atoms with Gasteiger partial charge in [0.15, 0.2) is 0 Å². The van der Waals surface area contributed by atoms with Gasteiger partial charge in [0.2, 0.25) is 0 Å². The molecule has 0 saturated heterocycles. The highest BCUT2D eigenvalue weighted by Gasteiger charge is 2.12. The van der Waals surface area contributed by atoms with Gasteiger partial charge in [0, 0.05) is 17.1 Å². The second-order valence-electron chi connectivity index (χ2n) is 3.94. The van der Waals surface area contributed by atoms with Crippen LogP contribution in [-0.2, 0) is 4.79 Å². The smallest absolute Gasteiger partial charge is 0.305 e. The molecule has 0 spiro atoms. The molecule has 17 heavy (non-hydrogen) atoms. The van der Waals surface area contributed by atoms with E-state index in [4.69, 9.17) is 21.4 Å². The van der Waals surface area contributed by atoms with E-state index in [1.807, 2.05) is 13.0 Å². The van der Waals surface area contributed by atoms with E-state index in [1.165, 1.54) is 0 Å². The van der Waals surface area contributed by atoms with Gasteiger partial charge in [-0.25, -0.2) is 0 Å². The van der Waals surface area contributed by atoms with Crippen molar-refractivity contribution < 1.29 is 14.6 Å². The summed E-state index contributed by atoms with van der Waals surface area (Å²) < 4.78 is 5.19. The van der Waals surface area contributed by atoms with Gasteiger partial charge < -0.3 is 15.2 Å². The molecular weight excluding hydrogens is 242 g/mol. The van der Waals surface area contributed by atoms with Gasteiger partial charge in [-0.1, -0.05) is 11.6 Å². The Morgan fingerprint density at radius 1 is 1.59 bits per heavy atom. The monoisotopic (exact) mass is 257 g/mol. The largest absolute Gasteiger partial charge is 0.495 e. The standard InChI is InChI=1S/C12H16ClNO3/c1-7-4-10(11(17-3)6-9(7)13)14-8(2)5-12(15)16/h4,6,8,14H,5H2,1-3H3,(H,15,16).